The lowest BCUT2D eigenvalue weighted by Crippen LogP contribution is -2.33. The maximum Gasteiger partial charge on any atom is 0.150 e. The van der Waals surface area contributed by atoms with E-state index >= 15 is 0 Å². The molecule has 0 aliphatic heterocycles. The molecule has 0 aromatic rings. The highest BCUT2D eigenvalue weighted by Crippen LogP contribution is 2.40. The van der Waals surface area contributed by atoms with E-state index in [9.17, 15) is 8.42 Å². The van der Waals surface area contributed by atoms with Crippen LogP contribution < -0.4 is 5.73 Å². The molecule has 0 amide bonds. The van der Waals surface area contributed by atoms with Crippen LogP contribution >= 0.6 is 0 Å². The average Bonchev–Trinajstić information content (AvgIpc) is 2.50. The Balaban J connectivity index is 2.71. The molecule has 14 heavy (non-hydrogen) atoms. The van der Waals surface area contributed by atoms with Gasteiger partial charge >= 0.3 is 0 Å². The standard InChI is InChI=1S/C9H19NO3S/c1-13-7-9(6-10)4-3-8(5-9)14(2,11)12/h8H,3-7,10H2,1-2H3. The molecule has 1 fully saturated rings. The van der Waals surface area contributed by atoms with Gasteiger partial charge in [0.15, 0.2) is 0 Å². The molecule has 2 N–H and O–H groups in total. The van der Waals surface area contributed by atoms with Gasteiger partial charge in [0.05, 0.1) is 11.9 Å². The average molecular weight is 221 g/mol. The Labute approximate surface area is 85.7 Å². The molecule has 1 rings (SSSR count). The van der Waals surface area contributed by atoms with Gasteiger partial charge in [-0.1, -0.05) is 0 Å². The summed E-state index contributed by atoms with van der Waals surface area (Å²) in [4.78, 5) is 0. The van der Waals surface area contributed by atoms with Crippen molar-refractivity contribution in [3.63, 3.8) is 0 Å². The molecule has 2 unspecified atom stereocenters. The van der Waals surface area contributed by atoms with E-state index < -0.39 is 9.84 Å². The van der Waals surface area contributed by atoms with Crippen molar-refractivity contribution < 1.29 is 13.2 Å². The van der Waals surface area contributed by atoms with Crippen LogP contribution in [-0.2, 0) is 14.6 Å². The van der Waals surface area contributed by atoms with Gasteiger partial charge in [0.1, 0.15) is 9.84 Å². The third-order valence-electron chi connectivity index (χ3n) is 3.15. The Morgan fingerprint density at radius 3 is 2.57 bits per heavy atom. The fourth-order valence-corrected chi connectivity index (χ4v) is 3.40. The minimum Gasteiger partial charge on any atom is -0.384 e. The van der Waals surface area contributed by atoms with Crippen molar-refractivity contribution in [1.82, 2.24) is 0 Å². The van der Waals surface area contributed by atoms with E-state index in [1.165, 1.54) is 6.26 Å². The quantitative estimate of drug-likeness (QED) is 0.735. The van der Waals surface area contributed by atoms with Crippen molar-refractivity contribution in [3.05, 3.63) is 0 Å². The Bertz CT molecular complexity index is 288. The largest absolute Gasteiger partial charge is 0.384 e. The molecule has 0 bridgehead atoms. The summed E-state index contributed by atoms with van der Waals surface area (Å²) in [6.45, 7) is 1.07. The first-order valence-electron chi connectivity index (χ1n) is 4.81. The molecule has 84 valence electrons. The number of sulfone groups is 1. The van der Waals surface area contributed by atoms with Gasteiger partial charge in [-0.3, -0.25) is 0 Å². The van der Waals surface area contributed by atoms with Crippen LogP contribution in [0.1, 0.15) is 19.3 Å². The summed E-state index contributed by atoms with van der Waals surface area (Å²) >= 11 is 0. The van der Waals surface area contributed by atoms with Crippen molar-refractivity contribution in [2.24, 2.45) is 11.1 Å². The molecule has 4 nitrogen and oxygen atoms in total. The van der Waals surface area contributed by atoms with Gasteiger partial charge in [-0.2, -0.15) is 0 Å². The second-order valence-corrected chi connectivity index (χ2v) is 6.66. The Morgan fingerprint density at radius 2 is 2.21 bits per heavy atom. The third-order valence-corrected chi connectivity index (χ3v) is 4.76. The fourth-order valence-electron chi connectivity index (χ4n) is 2.20. The molecular weight excluding hydrogens is 202 g/mol. The van der Waals surface area contributed by atoms with Crippen LogP contribution in [0.2, 0.25) is 0 Å². The number of hydrogen-bond donors (Lipinski definition) is 1. The topological polar surface area (TPSA) is 69.4 Å². The van der Waals surface area contributed by atoms with Crippen LogP contribution in [0.15, 0.2) is 0 Å². The SMILES string of the molecule is COCC1(CN)CCC(S(C)(=O)=O)C1. The highest BCUT2D eigenvalue weighted by atomic mass is 32.2. The lowest BCUT2D eigenvalue weighted by atomic mass is 9.87. The number of ether oxygens (including phenoxy) is 1. The van der Waals surface area contributed by atoms with E-state index in [1.807, 2.05) is 0 Å². The Hall–Kier alpha value is -0.130. The van der Waals surface area contributed by atoms with Crippen LogP contribution in [0.3, 0.4) is 0 Å². The predicted octanol–water partition coefficient (Wildman–Crippen LogP) is 0.175. The zero-order valence-corrected chi connectivity index (χ0v) is 9.64. The van der Waals surface area contributed by atoms with Gasteiger partial charge in [-0.15, -0.1) is 0 Å². The number of hydrogen-bond acceptors (Lipinski definition) is 4. The lowest BCUT2D eigenvalue weighted by molar-refractivity contribution is 0.0895. The molecule has 1 aliphatic rings. The van der Waals surface area contributed by atoms with E-state index in [-0.39, 0.29) is 10.7 Å². The van der Waals surface area contributed by atoms with Gasteiger partial charge in [0.25, 0.3) is 0 Å². The molecule has 5 heteroatoms. The van der Waals surface area contributed by atoms with Gasteiger partial charge < -0.3 is 10.5 Å². The van der Waals surface area contributed by atoms with Crippen LogP contribution in [0, 0.1) is 5.41 Å². The van der Waals surface area contributed by atoms with E-state index in [4.69, 9.17) is 10.5 Å². The Kier molecular flexibility index (Phi) is 3.55. The summed E-state index contributed by atoms with van der Waals surface area (Å²) in [5.41, 5.74) is 5.58. The van der Waals surface area contributed by atoms with Crippen LogP contribution in [0.4, 0.5) is 0 Å². The Morgan fingerprint density at radius 1 is 1.57 bits per heavy atom. The highest BCUT2D eigenvalue weighted by Gasteiger charge is 2.41. The molecule has 1 aliphatic carbocycles. The fraction of sp³-hybridized carbons (Fsp3) is 1.00. The summed E-state index contributed by atoms with van der Waals surface area (Å²) < 4.78 is 27.8. The maximum atomic E-state index is 11.4. The van der Waals surface area contributed by atoms with Crippen LogP contribution in [-0.4, -0.2) is 40.2 Å². The summed E-state index contributed by atoms with van der Waals surface area (Å²) in [6.07, 6.45) is 3.53. The lowest BCUT2D eigenvalue weighted by Gasteiger charge is -2.26. The molecule has 0 heterocycles. The maximum absolute atomic E-state index is 11.4. The van der Waals surface area contributed by atoms with E-state index in [0.29, 0.717) is 19.6 Å². The monoisotopic (exact) mass is 221 g/mol. The van der Waals surface area contributed by atoms with Gasteiger partial charge in [0.2, 0.25) is 0 Å². The summed E-state index contributed by atoms with van der Waals surface area (Å²) in [6, 6.07) is 0. The van der Waals surface area contributed by atoms with Crippen molar-refractivity contribution in [2.45, 2.75) is 24.5 Å². The normalized spacial score (nSPS) is 33.5. The second kappa shape index (κ2) is 4.16. The highest BCUT2D eigenvalue weighted by molar-refractivity contribution is 7.91. The first-order chi connectivity index (χ1) is 6.43. The molecule has 0 saturated heterocycles. The van der Waals surface area contributed by atoms with Crippen LogP contribution in [0.5, 0.6) is 0 Å². The van der Waals surface area contributed by atoms with E-state index in [1.54, 1.807) is 7.11 Å². The van der Waals surface area contributed by atoms with Gasteiger partial charge in [0, 0.05) is 25.3 Å². The summed E-state index contributed by atoms with van der Waals surface area (Å²) in [7, 11) is -1.28. The predicted molar refractivity (Wildman–Crippen MR) is 55.8 cm³/mol. The first-order valence-corrected chi connectivity index (χ1v) is 6.77. The smallest absolute Gasteiger partial charge is 0.150 e. The van der Waals surface area contributed by atoms with Gasteiger partial charge in [-0.05, 0) is 19.3 Å². The summed E-state index contributed by atoms with van der Waals surface area (Å²) in [5.74, 6) is 0. The zero-order chi connectivity index (χ0) is 10.8. The molecule has 0 spiro atoms. The van der Waals surface area contributed by atoms with Gasteiger partial charge in [-0.25, -0.2) is 8.42 Å². The molecule has 0 aromatic heterocycles. The van der Waals surface area contributed by atoms with E-state index in [0.717, 1.165) is 12.8 Å². The van der Waals surface area contributed by atoms with Crippen molar-refractivity contribution in [1.29, 1.82) is 0 Å². The number of methoxy groups -OCH3 is 1. The minimum absolute atomic E-state index is 0.109. The number of rotatable bonds is 4. The first kappa shape index (κ1) is 11.9. The zero-order valence-electron chi connectivity index (χ0n) is 8.82. The van der Waals surface area contributed by atoms with Crippen molar-refractivity contribution >= 4 is 9.84 Å². The van der Waals surface area contributed by atoms with Crippen molar-refractivity contribution in [2.75, 3.05) is 26.5 Å². The third kappa shape index (κ3) is 2.46. The molecule has 0 radical (unpaired) electrons. The minimum atomic E-state index is -2.91. The van der Waals surface area contributed by atoms with Crippen LogP contribution in [0.25, 0.3) is 0 Å². The van der Waals surface area contributed by atoms with Crippen molar-refractivity contribution in [3.8, 4) is 0 Å². The molecular formula is C9H19NO3S. The molecule has 1 saturated carbocycles. The second-order valence-electron chi connectivity index (χ2n) is 4.33. The molecule has 0 aromatic carbocycles. The molecule has 2 atom stereocenters. The number of nitrogens with two attached hydrogens (primary N) is 1. The summed E-state index contributed by atoms with van der Waals surface area (Å²) in [5, 5.41) is -0.221. The van der Waals surface area contributed by atoms with E-state index in [2.05, 4.69) is 0 Å².